The molecule has 0 spiro atoms. The molecule has 4 atom stereocenters. The number of fused-ring (bicyclic) bond motifs is 2. The van der Waals surface area contributed by atoms with Gasteiger partial charge < -0.3 is 24.8 Å². The summed E-state index contributed by atoms with van der Waals surface area (Å²) in [6.45, 7) is 10.6. The lowest BCUT2D eigenvalue weighted by Gasteiger charge is -2.50. The van der Waals surface area contributed by atoms with Gasteiger partial charge in [0.05, 0.1) is 30.0 Å². The molecule has 3 N–H and O–H groups in total. The molecule has 2 aromatic rings. The van der Waals surface area contributed by atoms with Crippen LogP contribution < -0.4 is 4.74 Å². The SMILES string of the molecule is CC(C)(C)OCCOc1ccc(Cc2cc(C34CCCC(C(C)(C)O)(CC3O)C4O)ccc2Cl)cc1. The summed E-state index contributed by atoms with van der Waals surface area (Å²) in [7, 11) is 0. The van der Waals surface area contributed by atoms with Crippen molar-refractivity contribution in [3.8, 4) is 5.75 Å². The molecular formula is C30H41ClO5. The second-order valence-electron chi connectivity index (χ2n) is 12.2. The molecule has 2 aliphatic carbocycles. The average Bonchev–Trinajstić information content (AvgIpc) is 2.91. The van der Waals surface area contributed by atoms with E-state index in [2.05, 4.69) is 0 Å². The molecule has 2 fully saturated rings. The molecule has 2 aliphatic rings. The Bertz CT molecular complexity index is 1050. The zero-order chi connectivity index (χ0) is 26.4. The first-order chi connectivity index (χ1) is 16.8. The summed E-state index contributed by atoms with van der Waals surface area (Å²) < 4.78 is 11.5. The van der Waals surface area contributed by atoms with Crippen LogP contribution in [0, 0.1) is 5.41 Å². The molecule has 2 saturated carbocycles. The molecule has 0 saturated heterocycles. The molecule has 36 heavy (non-hydrogen) atoms. The van der Waals surface area contributed by atoms with Crippen molar-refractivity contribution in [2.24, 2.45) is 5.41 Å². The number of aliphatic hydroxyl groups excluding tert-OH is 2. The molecule has 0 aliphatic heterocycles. The highest BCUT2D eigenvalue weighted by atomic mass is 35.5. The van der Waals surface area contributed by atoms with Crippen LogP contribution >= 0.6 is 11.6 Å². The van der Waals surface area contributed by atoms with E-state index in [9.17, 15) is 15.3 Å². The zero-order valence-corrected chi connectivity index (χ0v) is 22.9. The number of halogens is 1. The second-order valence-corrected chi connectivity index (χ2v) is 12.6. The minimum atomic E-state index is -1.09. The van der Waals surface area contributed by atoms with Crippen LogP contribution in [0.5, 0.6) is 5.75 Å². The van der Waals surface area contributed by atoms with Crippen LogP contribution in [-0.4, -0.2) is 51.9 Å². The van der Waals surface area contributed by atoms with Gasteiger partial charge in [0.15, 0.2) is 0 Å². The fraction of sp³-hybridized carbons (Fsp3) is 0.600. The summed E-state index contributed by atoms with van der Waals surface area (Å²) >= 11 is 6.61. The molecule has 2 aromatic carbocycles. The van der Waals surface area contributed by atoms with Crippen molar-refractivity contribution in [1.29, 1.82) is 0 Å². The highest BCUT2D eigenvalue weighted by Gasteiger charge is 2.68. The Morgan fingerprint density at radius 1 is 0.972 bits per heavy atom. The van der Waals surface area contributed by atoms with Gasteiger partial charge in [-0.3, -0.25) is 0 Å². The van der Waals surface area contributed by atoms with Crippen LogP contribution in [0.2, 0.25) is 5.02 Å². The van der Waals surface area contributed by atoms with Gasteiger partial charge in [-0.15, -0.1) is 0 Å². The first kappa shape index (κ1) is 27.4. The summed E-state index contributed by atoms with van der Waals surface area (Å²) in [5, 5.41) is 34.5. The number of rotatable bonds is 8. The largest absolute Gasteiger partial charge is 0.491 e. The molecule has 5 nitrogen and oxygen atoms in total. The third kappa shape index (κ3) is 5.06. The number of benzene rings is 2. The smallest absolute Gasteiger partial charge is 0.119 e. The molecule has 4 rings (SSSR count). The summed E-state index contributed by atoms with van der Waals surface area (Å²) in [5.41, 5.74) is 0.134. The summed E-state index contributed by atoms with van der Waals surface area (Å²) in [6.07, 6.45) is 1.68. The third-order valence-electron chi connectivity index (χ3n) is 8.38. The van der Waals surface area contributed by atoms with Crippen LogP contribution in [0.4, 0.5) is 0 Å². The second kappa shape index (κ2) is 9.92. The number of aliphatic hydroxyl groups is 3. The fourth-order valence-electron chi connectivity index (χ4n) is 6.37. The van der Waals surface area contributed by atoms with Gasteiger partial charge in [-0.25, -0.2) is 0 Å². The lowest BCUT2D eigenvalue weighted by Crippen LogP contribution is -2.57. The van der Waals surface area contributed by atoms with E-state index in [1.54, 1.807) is 13.8 Å². The predicted octanol–water partition coefficient (Wildman–Crippen LogP) is 5.43. The molecule has 2 bridgehead atoms. The molecule has 0 aromatic heterocycles. The molecule has 0 heterocycles. The van der Waals surface area contributed by atoms with Crippen molar-refractivity contribution < 1.29 is 24.8 Å². The van der Waals surface area contributed by atoms with E-state index in [4.69, 9.17) is 21.1 Å². The van der Waals surface area contributed by atoms with Gasteiger partial charge in [-0.1, -0.05) is 42.3 Å². The maximum Gasteiger partial charge on any atom is 0.119 e. The van der Waals surface area contributed by atoms with E-state index >= 15 is 0 Å². The Kier molecular flexibility index (Phi) is 7.55. The van der Waals surface area contributed by atoms with Gasteiger partial charge in [-0.2, -0.15) is 0 Å². The Morgan fingerprint density at radius 3 is 2.31 bits per heavy atom. The quantitative estimate of drug-likeness (QED) is 0.408. The molecule has 6 heteroatoms. The molecule has 4 unspecified atom stereocenters. The van der Waals surface area contributed by atoms with Crippen molar-refractivity contribution in [2.45, 2.75) is 95.5 Å². The molecular weight excluding hydrogens is 476 g/mol. The lowest BCUT2D eigenvalue weighted by atomic mass is 9.58. The van der Waals surface area contributed by atoms with Crippen LogP contribution in [0.15, 0.2) is 42.5 Å². The molecule has 0 radical (unpaired) electrons. The summed E-state index contributed by atoms with van der Waals surface area (Å²) in [4.78, 5) is 0. The van der Waals surface area contributed by atoms with Crippen LogP contribution in [0.25, 0.3) is 0 Å². The maximum atomic E-state index is 11.6. The van der Waals surface area contributed by atoms with Gasteiger partial charge in [0.2, 0.25) is 0 Å². The predicted molar refractivity (Wildman–Crippen MR) is 143 cm³/mol. The van der Waals surface area contributed by atoms with E-state index in [1.165, 1.54) is 0 Å². The Hall–Kier alpha value is -1.63. The number of hydrogen-bond donors (Lipinski definition) is 3. The van der Waals surface area contributed by atoms with Crippen molar-refractivity contribution in [1.82, 2.24) is 0 Å². The molecule has 0 amide bonds. The normalized spacial score (nSPS) is 28.4. The van der Waals surface area contributed by atoms with E-state index in [0.717, 1.165) is 28.9 Å². The number of hydrogen-bond acceptors (Lipinski definition) is 5. The van der Waals surface area contributed by atoms with Gasteiger partial charge in [0.1, 0.15) is 12.4 Å². The highest BCUT2D eigenvalue weighted by molar-refractivity contribution is 6.31. The minimum Gasteiger partial charge on any atom is -0.491 e. The maximum absolute atomic E-state index is 11.6. The third-order valence-corrected chi connectivity index (χ3v) is 8.75. The topological polar surface area (TPSA) is 79.2 Å². The van der Waals surface area contributed by atoms with E-state index < -0.39 is 28.6 Å². The first-order valence-electron chi connectivity index (χ1n) is 13.0. The standard InChI is InChI=1S/C30H41ClO5/c1-27(2,3)36-16-15-35-23-10-7-20(8-11-23)17-21-18-22(9-12-24(21)31)30-14-6-13-29(26(30)33,19-25(30)32)28(4,5)34/h7-12,18,25-26,32-34H,6,13-17,19H2,1-5H3. The van der Waals surface area contributed by atoms with Gasteiger partial charge >= 0.3 is 0 Å². The zero-order valence-electron chi connectivity index (χ0n) is 22.2. The summed E-state index contributed by atoms with van der Waals surface area (Å²) in [6, 6.07) is 13.8. The average molecular weight is 517 g/mol. The van der Waals surface area contributed by atoms with Crippen molar-refractivity contribution in [2.75, 3.05) is 13.2 Å². The monoisotopic (exact) mass is 516 g/mol. The van der Waals surface area contributed by atoms with Gasteiger partial charge in [-0.05, 0) is 95.2 Å². The van der Waals surface area contributed by atoms with Crippen LogP contribution in [0.3, 0.4) is 0 Å². The van der Waals surface area contributed by atoms with Gasteiger partial charge in [0.25, 0.3) is 0 Å². The number of ether oxygens (including phenoxy) is 2. The van der Waals surface area contributed by atoms with E-state index in [0.29, 0.717) is 43.9 Å². The Balaban J connectivity index is 1.52. The van der Waals surface area contributed by atoms with Crippen molar-refractivity contribution in [3.05, 3.63) is 64.2 Å². The fourth-order valence-corrected chi connectivity index (χ4v) is 6.55. The first-order valence-corrected chi connectivity index (χ1v) is 13.4. The van der Waals surface area contributed by atoms with Gasteiger partial charge in [0, 0.05) is 15.9 Å². The minimum absolute atomic E-state index is 0.182. The van der Waals surface area contributed by atoms with Crippen LogP contribution in [0.1, 0.15) is 77.0 Å². The Morgan fingerprint density at radius 2 is 1.67 bits per heavy atom. The van der Waals surface area contributed by atoms with E-state index in [-0.39, 0.29) is 5.60 Å². The Labute approximate surface area is 220 Å². The summed E-state index contributed by atoms with van der Waals surface area (Å²) in [5.74, 6) is 0.789. The van der Waals surface area contributed by atoms with E-state index in [1.807, 2.05) is 63.2 Å². The van der Waals surface area contributed by atoms with Crippen molar-refractivity contribution >= 4 is 11.6 Å². The molecule has 198 valence electrons. The highest BCUT2D eigenvalue weighted by Crippen LogP contribution is 2.63. The van der Waals surface area contributed by atoms with Crippen LogP contribution in [-0.2, 0) is 16.6 Å². The van der Waals surface area contributed by atoms with Crippen molar-refractivity contribution in [3.63, 3.8) is 0 Å². The lowest BCUT2D eigenvalue weighted by molar-refractivity contribution is -0.141.